The second-order valence-corrected chi connectivity index (χ2v) is 4.89. The van der Waals surface area contributed by atoms with Crippen molar-refractivity contribution in [3.8, 4) is 17.1 Å². The van der Waals surface area contributed by atoms with Crippen LogP contribution in [0.4, 0.5) is 0 Å². The molecule has 3 aromatic heterocycles. The van der Waals surface area contributed by atoms with Gasteiger partial charge in [0.2, 0.25) is 5.91 Å². The Bertz CT molecular complexity index is 761. The summed E-state index contributed by atoms with van der Waals surface area (Å²) in [4.78, 5) is 19.3. The zero-order valence-corrected chi connectivity index (χ0v) is 12.0. The topological polar surface area (TPSA) is 91.6 Å². The van der Waals surface area contributed by atoms with E-state index in [1.165, 1.54) is 0 Å². The molecule has 0 saturated carbocycles. The molecule has 0 aromatic carbocycles. The Hall–Kier alpha value is -2.96. The molecule has 0 aliphatic rings. The van der Waals surface area contributed by atoms with E-state index < -0.39 is 0 Å². The lowest BCUT2D eigenvalue weighted by Gasteiger charge is -2.04. The maximum atomic E-state index is 10.8. The fourth-order valence-electron chi connectivity index (χ4n) is 2.24. The van der Waals surface area contributed by atoms with Crippen LogP contribution in [0.2, 0.25) is 0 Å². The van der Waals surface area contributed by atoms with Crippen molar-refractivity contribution in [3.05, 3.63) is 49.3 Å². The fraction of sp³-hybridized carbons (Fsp3) is 0.200. The molecule has 112 valence electrons. The number of nitrogens with two attached hydrogens (primary N) is 1. The zero-order valence-electron chi connectivity index (χ0n) is 12.0. The molecule has 3 rings (SSSR count). The molecule has 7 heteroatoms. The number of hydrogen-bond donors (Lipinski definition) is 1. The number of nitrogens with zero attached hydrogens (tertiary/aromatic N) is 5. The second-order valence-electron chi connectivity index (χ2n) is 4.89. The predicted molar refractivity (Wildman–Crippen MR) is 81.0 cm³/mol. The third-order valence-electron chi connectivity index (χ3n) is 3.27. The Kier molecular flexibility index (Phi) is 3.95. The van der Waals surface area contributed by atoms with Crippen LogP contribution in [0.25, 0.3) is 17.1 Å². The summed E-state index contributed by atoms with van der Waals surface area (Å²) in [6, 6.07) is 3.84. The standard InChI is InChI=1S/C15H16N6O/c16-14(22)4-2-7-20-11-13(10-19-20)21-8-6-18-15(21)12-3-1-5-17-9-12/h1,3,5-6,8-11H,2,4,7H2,(H2,16,22). The summed E-state index contributed by atoms with van der Waals surface area (Å²) in [5.74, 6) is 0.519. The molecule has 3 aromatic rings. The van der Waals surface area contributed by atoms with Gasteiger partial charge in [0.15, 0.2) is 0 Å². The molecule has 2 N–H and O–H groups in total. The molecule has 0 bridgehead atoms. The lowest BCUT2D eigenvalue weighted by Crippen LogP contribution is -2.11. The minimum Gasteiger partial charge on any atom is -0.370 e. The number of amides is 1. The Morgan fingerprint density at radius 3 is 2.95 bits per heavy atom. The Morgan fingerprint density at radius 1 is 1.27 bits per heavy atom. The van der Waals surface area contributed by atoms with Gasteiger partial charge in [0.1, 0.15) is 5.82 Å². The third-order valence-corrected chi connectivity index (χ3v) is 3.27. The third kappa shape index (κ3) is 3.03. The molecule has 0 atom stereocenters. The SMILES string of the molecule is NC(=O)CCCn1cc(-n2ccnc2-c2cccnc2)cn1. The van der Waals surface area contributed by atoms with Gasteiger partial charge in [-0.05, 0) is 18.6 Å². The predicted octanol–water partition coefficient (Wildman–Crippen LogP) is 1.40. The minimum absolute atomic E-state index is 0.291. The van der Waals surface area contributed by atoms with Crippen molar-refractivity contribution in [1.82, 2.24) is 24.3 Å². The summed E-state index contributed by atoms with van der Waals surface area (Å²) in [7, 11) is 0. The highest BCUT2D eigenvalue weighted by atomic mass is 16.1. The van der Waals surface area contributed by atoms with Gasteiger partial charge in [-0.15, -0.1) is 0 Å². The van der Waals surface area contributed by atoms with Gasteiger partial charge in [0.25, 0.3) is 0 Å². The van der Waals surface area contributed by atoms with Crippen molar-refractivity contribution in [2.45, 2.75) is 19.4 Å². The van der Waals surface area contributed by atoms with Gasteiger partial charge in [-0.1, -0.05) is 0 Å². The first-order valence-electron chi connectivity index (χ1n) is 6.99. The highest BCUT2D eigenvalue weighted by molar-refractivity contribution is 5.73. The number of carbonyl (C=O) groups excluding carboxylic acids is 1. The van der Waals surface area contributed by atoms with E-state index in [2.05, 4.69) is 15.1 Å². The largest absolute Gasteiger partial charge is 0.370 e. The number of rotatable bonds is 6. The van der Waals surface area contributed by atoms with Crippen LogP contribution in [0.15, 0.2) is 49.3 Å². The van der Waals surface area contributed by atoms with Gasteiger partial charge < -0.3 is 5.73 Å². The number of imidazole rings is 1. The molecule has 0 fully saturated rings. The van der Waals surface area contributed by atoms with Gasteiger partial charge in [0.05, 0.1) is 11.9 Å². The molecule has 0 radical (unpaired) electrons. The van der Waals surface area contributed by atoms with Gasteiger partial charge >= 0.3 is 0 Å². The number of pyridine rings is 1. The summed E-state index contributed by atoms with van der Waals surface area (Å²) in [5, 5.41) is 4.30. The average Bonchev–Trinajstić information content (AvgIpc) is 3.16. The Labute approximate surface area is 127 Å². The summed E-state index contributed by atoms with van der Waals surface area (Å²) in [6.45, 7) is 0.653. The van der Waals surface area contributed by atoms with Gasteiger partial charge in [-0.3, -0.25) is 19.0 Å². The number of aryl methyl sites for hydroxylation is 1. The van der Waals surface area contributed by atoms with Crippen molar-refractivity contribution in [2.75, 3.05) is 0 Å². The van der Waals surface area contributed by atoms with E-state index in [-0.39, 0.29) is 5.91 Å². The van der Waals surface area contributed by atoms with Crippen LogP contribution in [0.3, 0.4) is 0 Å². The lowest BCUT2D eigenvalue weighted by atomic mass is 10.2. The Balaban J connectivity index is 1.80. The van der Waals surface area contributed by atoms with Gasteiger partial charge in [-0.2, -0.15) is 5.10 Å². The molecule has 22 heavy (non-hydrogen) atoms. The minimum atomic E-state index is -0.291. The van der Waals surface area contributed by atoms with Crippen LogP contribution in [-0.4, -0.2) is 30.2 Å². The van der Waals surface area contributed by atoms with E-state index in [0.29, 0.717) is 19.4 Å². The molecule has 1 amide bonds. The second kappa shape index (κ2) is 6.21. The van der Waals surface area contributed by atoms with Crippen molar-refractivity contribution < 1.29 is 4.79 Å². The number of hydrogen-bond acceptors (Lipinski definition) is 4. The highest BCUT2D eigenvalue weighted by Crippen LogP contribution is 2.20. The molecule has 3 heterocycles. The molecule has 0 saturated heterocycles. The normalized spacial score (nSPS) is 10.7. The van der Waals surface area contributed by atoms with E-state index >= 15 is 0 Å². The van der Waals surface area contributed by atoms with E-state index in [1.54, 1.807) is 29.5 Å². The number of primary amides is 1. The summed E-state index contributed by atoms with van der Waals surface area (Å²) in [5.41, 5.74) is 6.99. The van der Waals surface area contributed by atoms with Crippen LogP contribution >= 0.6 is 0 Å². The van der Waals surface area contributed by atoms with Crippen LogP contribution in [0.5, 0.6) is 0 Å². The molecule has 0 aliphatic heterocycles. The maximum Gasteiger partial charge on any atom is 0.217 e. The number of carbonyl (C=O) groups is 1. The van der Waals surface area contributed by atoms with E-state index in [4.69, 9.17) is 5.73 Å². The summed E-state index contributed by atoms with van der Waals surface area (Å²) < 4.78 is 3.75. The molecular weight excluding hydrogens is 280 g/mol. The van der Waals surface area contributed by atoms with Crippen LogP contribution < -0.4 is 5.73 Å². The quantitative estimate of drug-likeness (QED) is 0.744. The van der Waals surface area contributed by atoms with E-state index in [0.717, 1.165) is 17.1 Å². The van der Waals surface area contributed by atoms with Crippen LogP contribution in [0, 0.1) is 0 Å². The summed E-state index contributed by atoms with van der Waals surface area (Å²) >= 11 is 0. The molecule has 7 nitrogen and oxygen atoms in total. The summed E-state index contributed by atoms with van der Waals surface area (Å²) in [6.07, 6.45) is 11.9. The molecule has 0 unspecified atom stereocenters. The zero-order chi connectivity index (χ0) is 15.4. The van der Waals surface area contributed by atoms with Crippen molar-refractivity contribution in [3.63, 3.8) is 0 Å². The highest BCUT2D eigenvalue weighted by Gasteiger charge is 2.09. The first kappa shape index (κ1) is 14.0. The van der Waals surface area contributed by atoms with Crippen molar-refractivity contribution >= 4 is 5.91 Å². The average molecular weight is 296 g/mol. The van der Waals surface area contributed by atoms with Crippen molar-refractivity contribution in [2.24, 2.45) is 5.73 Å². The van der Waals surface area contributed by atoms with Crippen molar-refractivity contribution in [1.29, 1.82) is 0 Å². The first-order chi connectivity index (χ1) is 10.7. The van der Waals surface area contributed by atoms with E-state index in [1.807, 2.05) is 29.1 Å². The monoisotopic (exact) mass is 296 g/mol. The molecular formula is C15H16N6O. The fourth-order valence-corrected chi connectivity index (χ4v) is 2.24. The van der Waals surface area contributed by atoms with Gasteiger partial charge in [-0.25, -0.2) is 4.98 Å². The Morgan fingerprint density at radius 2 is 2.18 bits per heavy atom. The maximum absolute atomic E-state index is 10.8. The first-order valence-corrected chi connectivity index (χ1v) is 6.99. The smallest absolute Gasteiger partial charge is 0.217 e. The lowest BCUT2D eigenvalue weighted by molar-refractivity contribution is -0.118. The van der Waals surface area contributed by atoms with E-state index in [9.17, 15) is 4.79 Å². The van der Waals surface area contributed by atoms with Gasteiger partial charge in [0, 0.05) is 49.5 Å². The molecule has 0 aliphatic carbocycles. The van der Waals surface area contributed by atoms with Crippen LogP contribution in [0.1, 0.15) is 12.8 Å². The van der Waals surface area contributed by atoms with Crippen LogP contribution in [-0.2, 0) is 11.3 Å². The molecule has 0 spiro atoms. The number of aromatic nitrogens is 5.